The van der Waals surface area contributed by atoms with Gasteiger partial charge in [0.25, 0.3) is 0 Å². The van der Waals surface area contributed by atoms with Crippen LogP contribution in [0.2, 0.25) is 0 Å². The van der Waals surface area contributed by atoms with Gasteiger partial charge in [-0.15, -0.1) is 0 Å². The van der Waals surface area contributed by atoms with Crippen LogP contribution in [0.15, 0.2) is 23.1 Å². The standard InChI is InChI=1S/C11H14FNO4S2/c1-17-11(14)9-4-3-8(12)7-10(9)19(15,16)13-5-6-18-2/h3-4,7,13H,5-6H2,1-2H3. The van der Waals surface area contributed by atoms with E-state index < -0.39 is 26.7 Å². The number of ether oxygens (including phenoxy) is 1. The van der Waals surface area contributed by atoms with Crippen molar-refractivity contribution in [1.82, 2.24) is 4.72 Å². The minimum absolute atomic E-state index is 0.194. The second-order valence-electron chi connectivity index (χ2n) is 3.52. The van der Waals surface area contributed by atoms with E-state index in [4.69, 9.17) is 0 Å². The Kier molecular flexibility index (Phi) is 5.77. The van der Waals surface area contributed by atoms with Gasteiger partial charge >= 0.3 is 5.97 Å². The van der Waals surface area contributed by atoms with Gasteiger partial charge in [0.05, 0.1) is 17.6 Å². The van der Waals surface area contributed by atoms with Crippen LogP contribution in [0.4, 0.5) is 4.39 Å². The minimum atomic E-state index is -3.94. The largest absolute Gasteiger partial charge is 0.465 e. The average Bonchev–Trinajstić information content (AvgIpc) is 2.38. The third-order valence-electron chi connectivity index (χ3n) is 2.24. The smallest absolute Gasteiger partial charge is 0.339 e. The highest BCUT2D eigenvalue weighted by molar-refractivity contribution is 7.98. The molecule has 0 radical (unpaired) electrons. The van der Waals surface area contributed by atoms with E-state index in [1.807, 2.05) is 6.26 Å². The quantitative estimate of drug-likeness (QED) is 0.632. The summed E-state index contributed by atoms with van der Waals surface area (Å²) in [5.41, 5.74) is -0.194. The lowest BCUT2D eigenvalue weighted by Crippen LogP contribution is -2.28. The van der Waals surface area contributed by atoms with Gasteiger partial charge in [-0.3, -0.25) is 0 Å². The van der Waals surface area contributed by atoms with Gasteiger partial charge in [-0.25, -0.2) is 22.3 Å². The number of hydrogen-bond donors (Lipinski definition) is 1. The van der Waals surface area contributed by atoms with E-state index in [-0.39, 0.29) is 12.1 Å². The Balaban J connectivity index is 3.16. The van der Waals surface area contributed by atoms with Crippen molar-refractivity contribution >= 4 is 27.8 Å². The molecule has 0 heterocycles. The molecule has 0 bridgehead atoms. The number of sulfonamides is 1. The number of carbonyl (C=O) groups excluding carboxylic acids is 1. The fourth-order valence-corrected chi connectivity index (χ4v) is 3.02. The SMILES string of the molecule is COC(=O)c1ccc(F)cc1S(=O)(=O)NCCSC. The molecule has 0 saturated heterocycles. The molecular weight excluding hydrogens is 293 g/mol. The summed E-state index contributed by atoms with van der Waals surface area (Å²) >= 11 is 1.46. The molecule has 5 nitrogen and oxygen atoms in total. The highest BCUT2D eigenvalue weighted by Gasteiger charge is 2.23. The summed E-state index contributed by atoms with van der Waals surface area (Å²) < 4.78 is 44.0. The van der Waals surface area contributed by atoms with E-state index in [1.165, 1.54) is 11.8 Å². The first-order chi connectivity index (χ1) is 8.92. The summed E-state index contributed by atoms with van der Waals surface area (Å²) in [5.74, 6) is -0.995. The number of nitrogens with one attached hydrogen (secondary N) is 1. The predicted molar refractivity (Wildman–Crippen MR) is 71.3 cm³/mol. The second kappa shape index (κ2) is 6.88. The zero-order valence-electron chi connectivity index (χ0n) is 10.5. The molecule has 106 valence electrons. The summed E-state index contributed by atoms with van der Waals surface area (Å²) in [7, 11) is -2.82. The number of benzene rings is 1. The van der Waals surface area contributed by atoms with E-state index in [2.05, 4.69) is 9.46 Å². The predicted octanol–water partition coefficient (Wildman–Crippen LogP) is 1.25. The van der Waals surface area contributed by atoms with Crippen LogP contribution in [0.1, 0.15) is 10.4 Å². The Bertz CT molecular complexity index is 560. The van der Waals surface area contributed by atoms with E-state index in [0.717, 1.165) is 25.3 Å². The van der Waals surface area contributed by atoms with Crippen LogP contribution in [0.25, 0.3) is 0 Å². The molecule has 1 N–H and O–H groups in total. The topological polar surface area (TPSA) is 72.5 Å². The molecule has 0 saturated carbocycles. The number of rotatable bonds is 6. The van der Waals surface area contributed by atoms with Gasteiger partial charge in [-0.1, -0.05) is 0 Å². The van der Waals surface area contributed by atoms with Crippen molar-refractivity contribution < 1.29 is 22.3 Å². The monoisotopic (exact) mass is 307 g/mol. The van der Waals surface area contributed by atoms with Crippen molar-refractivity contribution in [2.45, 2.75) is 4.90 Å². The van der Waals surface area contributed by atoms with Crippen LogP contribution in [0.5, 0.6) is 0 Å². The third-order valence-corrected chi connectivity index (χ3v) is 4.35. The summed E-state index contributed by atoms with van der Waals surface area (Å²) in [5, 5.41) is 0. The summed E-state index contributed by atoms with van der Waals surface area (Å²) in [6, 6.07) is 2.89. The maximum Gasteiger partial charge on any atom is 0.339 e. The Labute approximate surface area is 115 Å². The second-order valence-corrected chi connectivity index (χ2v) is 6.24. The fraction of sp³-hybridized carbons (Fsp3) is 0.364. The van der Waals surface area contributed by atoms with Gasteiger partial charge in [0.2, 0.25) is 10.0 Å². The number of methoxy groups -OCH3 is 1. The molecule has 0 unspecified atom stereocenters. The van der Waals surface area contributed by atoms with Crippen LogP contribution in [0, 0.1) is 5.82 Å². The average molecular weight is 307 g/mol. The highest BCUT2D eigenvalue weighted by Crippen LogP contribution is 2.18. The number of hydrogen-bond acceptors (Lipinski definition) is 5. The highest BCUT2D eigenvalue weighted by atomic mass is 32.2. The van der Waals surface area contributed by atoms with Crippen LogP contribution in [0.3, 0.4) is 0 Å². The van der Waals surface area contributed by atoms with Gasteiger partial charge < -0.3 is 4.74 Å². The molecule has 0 aliphatic rings. The molecule has 0 aliphatic heterocycles. The molecule has 1 aromatic rings. The number of halogens is 1. The first-order valence-electron chi connectivity index (χ1n) is 5.29. The van der Waals surface area contributed by atoms with Gasteiger partial charge in [0, 0.05) is 12.3 Å². The van der Waals surface area contributed by atoms with Crippen molar-refractivity contribution in [1.29, 1.82) is 0 Å². The number of esters is 1. The molecule has 0 aromatic heterocycles. The molecule has 1 rings (SSSR count). The van der Waals surface area contributed by atoms with Crippen LogP contribution < -0.4 is 4.72 Å². The van der Waals surface area contributed by atoms with Crippen molar-refractivity contribution in [2.24, 2.45) is 0 Å². The summed E-state index contributed by atoms with van der Waals surface area (Å²) in [6.45, 7) is 0.195. The van der Waals surface area contributed by atoms with E-state index in [9.17, 15) is 17.6 Å². The molecule has 19 heavy (non-hydrogen) atoms. The molecule has 0 spiro atoms. The maximum atomic E-state index is 13.2. The van der Waals surface area contributed by atoms with Gasteiger partial charge in [0.1, 0.15) is 5.82 Å². The normalized spacial score (nSPS) is 11.3. The van der Waals surface area contributed by atoms with E-state index >= 15 is 0 Å². The number of carbonyl (C=O) groups is 1. The molecule has 0 atom stereocenters. The minimum Gasteiger partial charge on any atom is -0.465 e. The molecule has 0 amide bonds. The maximum absolute atomic E-state index is 13.2. The molecule has 0 fully saturated rings. The van der Waals surface area contributed by atoms with Gasteiger partial charge in [-0.2, -0.15) is 11.8 Å². The van der Waals surface area contributed by atoms with Crippen molar-refractivity contribution in [3.8, 4) is 0 Å². The zero-order valence-corrected chi connectivity index (χ0v) is 12.1. The number of thioether (sulfide) groups is 1. The van der Waals surface area contributed by atoms with Crippen LogP contribution in [-0.4, -0.2) is 40.1 Å². The van der Waals surface area contributed by atoms with Crippen molar-refractivity contribution in [2.75, 3.05) is 25.7 Å². The van der Waals surface area contributed by atoms with Gasteiger partial charge in [-0.05, 0) is 24.5 Å². The Morgan fingerprint density at radius 3 is 2.74 bits per heavy atom. The van der Waals surface area contributed by atoms with Crippen molar-refractivity contribution in [3.05, 3.63) is 29.6 Å². The molecule has 8 heteroatoms. The molecular formula is C11H14FNO4S2. The lowest BCUT2D eigenvalue weighted by Gasteiger charge is -2.10. The van der Waals surface area contributed by atoms with Crippen LogP contribution >= 0.6 is 11.8 Å². The van der Waals surface area contributed by atoms with Gasteiger partial charge in [0.15, 0.2) is 0 Å². The van der Waals surface area contributed by atoms with E-state index in [0.29, 0.717) is 5.75 Å². The lowest BCUT2D eigenvalue weighted by atomic mass is 10.2. The zero-order chi connectivity index (χ0) is 14.5. The summed E-state index contributed by atoms with van der Waals surface area (Å²) in [4.78, 5) is 11.1. The first kappa shape index (κ1) is 15.9. The van der Waals surface area contributed by atoms with Crippen LogP contribution in [-0.2, 0) is 14.8 Å². The molecule has 0 aliphatic carbocycles. The fourth-order valence-electron chi connectivity index (χ4n) is 1.35. The lowest BCUT2D eigenvalue weighted by molar-refractivity contribution is 0.0596. The van der Waals surface area contributed by atoms with Crippen molar-refractivity contribution in [3.63, 3.8) is 0 Å². The Hall–Kier alpha value is -1.12. The Morgan fingerprint density at radius 1 is 1.47 bits per heavy atom. The van der Waals surface area contributed by atoms with E-state index in [1.54, 1.807) is 0 Å². The summed E-state index contributed by atoms with van der Waals surface area (Å²) in [6.07, 6.45) is 1.83. The third kappa shape index (κ3) is 4.19. The molecule has 1 aromatic carbocycles. The first-order valence-corrected chi connectivity index (χ1v) is 8.16. The Morgan fingerprint density at radius 2 is 2.16 bits per heavy atom.